The molecule has 7 aromatic rings. The van der Waals surface area contributed by atoms with Crippen LogP contribution >= 0.6 is 0 Å². The summed E-state index contributed by atoms with van der Waals surface area (Å²) in [6.07, 6.45) is 1.25. The SMILES string of the molecule is COc1ccc(C2(c3ccc(OC)cc3)OC[C@H]3O[C@@H](n4cc(C)c(=O)[nH]c4=O)C[C@H]3OC(c3ccc(C)cc3)(c3ccc(OC)cc3)c3ccc(cc3)CCc3ccc2cc3)cc1. The van der Waals surface area contributed by atoms with Crippen molar-refractivity contribution in [2.75, 3.05) is 27.9 Å². The quantitative estimate of drug-likeness (QED) is 0.161. The van der Waals surface area contributed by atoms with Gasteiger partial charge in [0.1, 0.15) is 40.8 Å². The van der Waals surface area contributed by atoms with Gasteiger partial charge in [-0.05, 0) is 108 Å². The minimum Gasteiger partial charge on any atom is -0.497 e. The van der Waals surface area contributed by atoms with Crippen LogP contribution in [0.3, 0.4) is 0 Å². The number of aryl methyl sites for hydroxylation is 4. The summed E-state index contributed by atoms with van der Waals surface area (Å²) in [7, 11) is 4.95. The minimum atomic E-state index is -1.17. The Kier molecular flexibility index (Phi) is 11.8. The van der Waals surface area contributed by atoms with Crippen molar-refractivity contribution in [3.05, 3.63) is 228 Å². The molecule has 0 amide bonds. The van der Waals surface area contributed by atoms with E-state index in [2.05, 4.69) is 84.7 Å². The number of rotatable bonds is 8. The number of fused-ring (bicyclic) bond motifs is 2. The predicted octanol–water partition coefficient (Wildman–Crippen LogP) is 8.95. The van der Waals surface area contributed by atoms with E-state index in [1.165, 1.54) is 15.7 Å². The number of aromatic nitrogens is 2. The molecule has 5 heterocycles. The van der Waals surface area contributed by atoms with Gasteiger partial charge in [-0.15, -0.1) is 0 Å². The van der Waals surface area contributed by atoms with Crippen molar-refractivity contribution in [3.63, 3.8) is 0 Å². The topological polar surface area (TPSA) is 110 Å². The van der Waals surface area contributed by atoms with Crippen LogP contribution in [-0.4, -0.2) is 49.7 Å². The van der Waals surface area contributed by atoms with Crippen molar-refractivity contribution in [1.29, 1.82) is 0 Å². The molecule has 0 spiro atoms. The van der Waals surface area contributed by atoms with Gasteiger partial charge in [0, 0.05) is 18.2 Å². The molecule has 4 atom stereocenters. The zero-order chi connectivity index (χ0) is 44.4. The summed E-state index contributed by atoms with van der Waals surface area (Å²) in [5.41, 5.74) is 5.87. The first-order chi connectivity index (χ1) is 31.1. The lowest BCUT2D eigenvalue weighted by Crippen LogP contribution is -2.43. The molecule has 10 nitrogen and oxygen atoms in total. The Hall–Kier alpha value is -6.72. The fourth-order valence-corrected chi connectivity index (χ4v) is 9.20. The van der Waals surface area contributed by atoms with Crippen LogP contribution in [0.15, 0.2) is 161 Å². The molecular weight excluding hydrogens is 805 g/mol. The van der Waals surface area contributed by atoms with Gasteiger partial charge in [-0.25, -0.2) is 4.79 Å². The average Bonchev–Trinajstić information content (AvgIpc) is 3.74. The Morgan fingerprint density at radius 2 is 0.953 bits per heavy atom. The molecule has 4 aliphatic heterocycles. The normalized spacial score (nSPS) is 20.6. The number of ether oxygens (including phenoxy) is 6. The molecule has 0 radical (unpaired) electrons. The monoisotopic (exact) mass is 856 g/mol. The fourth-order valence-electron chi connectivity index (χ4n) is 9.20. The Bertz CT molecular complexity index is 2770. The standard InChI is InChI=1S/C54H52N2O8/c1-35-6-14-42(15-7-35)54(44-24-30-47(61-5)31-25-44)43-18-12-38(13-19-43)9-8-37-10-16-39(17-11-37)53(40-20-26-45(59-3)27-21-40,41-22-28-46(60-4)29-23-41)62-34-49-48(64-54)32-50(63-49)56-33-36(2)51(57)55-52(56)58/h6-7,10-31,33,48-50H,8-9,32,34H2,1-5H3,(H,55,57,58)/t48-,49-,50-,54?/m1/s1. The smallest absolute Gasteiger partial charge is 0.330 e. The number of methoxy groups -OCH3 is 3. The van der Waals surface area contributed by atoms with Crippen LogP contribution in [0.2, 0.25) is 0 Å². The van der Waals surface area contributed by atoms with Gasteiger partial charge in [-0.3, -0.25) is 14.3 Å². The van der Waals surface area contributed by atoms with E-state index < -0.39 is 40.9 Å². The van der Waals surface area contributed by atoms with Gasteiger partial charge >= 0.3 is 5.69 Å². The highest BCUT2D eigenvalue weighted by molar-refractivity contribution is 5.52. The molecule has 1 N–H and O–H groups in total. The second kappa shape index (κ2) is 17.8. The van der Waals surface area contributed by atoms with E-state index in [4.69, 9.17) is 28.4 Å². The first kappa shape index (κ1) is 42.6. The molecule has 10 heteroatoms. The zero-order valence-corrected chi connectivity index (χ0v) is 36.7. The Labute approximate surface area is 373 Å². The maximum atomic E-state index is 13.6. The van der Waals surface area contributed by atoms with Crippen LogP contribution in [0, 0.1) is 13.8 Å². The number of H-pyrrole nitrogens is 1. The van der Waals surface area contributed by atoms with Gasteiger partial charge < -0.3 is 28.4 Å². The van der Waals surface area contributed by atoms with Crippen LogP contribution in [0.1, 0.15) is 68.3 Å². The molecule has 6 aromatic carbocycles. The summed E-state index contributed by atoms with van der Waals surface area (Å²) in [4.78, 5) is 28.7. The largest absolute Gasteiger partial charge is 0.497 e. The van der Waals surface area contributed by atoms with Crippen molar-refractivity contribution in [2.24, 2.45) is 0 Å². The number of benzene rings is 6. The molecule has 1 unspecified atom stereocenters. The fraction of sp³-hybridized carbons (Fsp3) is 0.259. The molecule has 1 aromatic heterocycles. The maximum Gasteiger partial charge on any atom is 0.330 e. The van der Waals surface area contributed by atoms with Crippen molar-refractivity contribution >= 4 is 0 Å². The van der Waals surface area contributed by atoms with E-state index in [0.717, 1.165) is 51.8 Å². The molecule has 11 rings (SSSR count). The molecule has 1 saturated heterocycles. The number of nitrogens with zero attached hydrogens (tertiary/aromatic N) is 1. The summed E-state index contributed by atoms with van der Waals surface area (Å²) in [5.74, 6) is 2.14. The lowest BCUT2D eigenvalue weighted by molar-refractivity contribution is -0.126. The van der Waals surface area contributed by atoms with E-state index in [9.17, 15) is 9.59 Å². The summed E-state index contributed by atoms with van der Waals surface area (Å²) in [6, 6.07) is 49.6. The summed E-state index contributed by atoms with van der Waals surface area (Å²) >= 11 is 0. The van der Waals surface area contributed by atoms with E-state index in [0.29, 0.717) is 22.8 Å². The first-order valence-electron chi connectivity index (χ1n) is 21.6. The third-order valence-corrected chi connectivity index (χ3v) is 12.8. The van der Waals surface area contributed by atoms with Crippen LogP contribution in [0.25, 0.3) is 0 Å². The Morgan fingerprint density at radius 1 is 0.547 bits per heavy atom. The van der Waals surface area contributed by atoms with Gasteiger partial charge in [-0.2, -0.15) is 0 Å². The van der Waals surface area contributed by atoms with Crippen molar-refractivity contribution in [2.45, 2.75) is 62.7 Å². The Morgan fingerprint density at radius 3 is 1.39 bits per heavy atom. The lowest BCUT2D eigenvalue weighted by Gasteiger charge is -2.40. The van der Waals surface area contributed by atoms with Crippen LogP contribution in [0.5, 0.6) is 17.2 Å². The molecule has 0 aliphatic carbocycles. The number of aromatic amines is 1. The number of hydrogen-bond acceptors (Lipinski definition) is 8. The summed E-state index contributed by atoms with van der Waals surface area (Å²) in [6.45, 7) is 3.77. The van der Waals surface area contributed by atoms with E-state index >= 15 is 0 Å². The molecule has 64 heavy (non-hydrogen) atoms. The molecule has 0 saturated carbocycles. The first-order valence-corrected chi connectivity index (χ1v) is 21.6. The number of nitrogens with one attached hydrogen (secondary N) is 1. The van der Waals surface area contributed by atoms with Gasteiger partial charge in [0.25, 0.3) is 5.56 Å². The van der Waals surface area contributed by atoms with Crippen molar-refractivity contribution in [3.8, 4) is 17.2 Å². The number of hydrogen-bond donors (Lipinski definition) is 1. The molecule has 326 valence electrons. The van der Waals surface area contributed by atoms with Gasteiger partial charge in [0.2, 0.25) is 0 Å². The third-order valence-electron chi connectivity index (χ3n) is 12.8. The maximum absolute atomic E-state index is 13.6. The molecule has 4 bridgehead atoms. The average molecular weight is 857 g/mol. The highest BCUT2D eigenvalue weighted by Gasteiger charge is 2.48. The predicted molar refractivity (Wildman–Crippen MR) is 246 cm³/mol. The van der Waals surface area contributed by atoms with Gasteiger partial charge in [-0.1, -0.05) is 115 Å². The van der Waals surface area contributed by atoms with Crippen LogP contribution in [-0.2, 0) is 38.3 Å². The van der Waals surface area contributed by atoms with Crippen LogP contribution < -0.4 is 25.5 Å². The van der Waals surface area contributed by atoms with Crippen molar-refractivity contribution < 1.29 is 28.4 Å². The Balaban J connectivity index is 1.27. The third kappa shape index (κ3) is 7.93. The minimum absolute atomic E-state index is 0.0313. The van der Waals surface area contributed by atoms with Crippen molar-refractivity contribution in [1.82, 2.24) is 9.55 Å². The van der Waals surface area contributed by atoms with Crippen LogP contribution in [0.4, 0.5) is 0 Å². The highest BCUT2D eigenvalue weighted by Crippen LogP contribution is 2.47. The second-order valence-electron chi connectivity index (χ2n) is 16.6. The van der Waals surface area contributed by atoms with Gasteiger partial charge in [0.15, 0.2) is 0 Å². The summed E-state index contributed by atoms with van der Waals surface area (Å²) < 4.78 is 40.7. The molecular formula is C54H52N2O8. The van der Waals surface area contributed by atoms with E-state index in [1.54, 1.807) is 34.4 Å². The molecule has 4 aliphatic rings. The zero-order valence-electron chi connectivity index (χ0n) is 36.7. The summed E-state index contributed by atoms with van der Waals surface area (Å²) in [5, 5.41) is 0. The van der Waals surface area contributed by atoms with E-state index in [1.807, 2.05) is 72.8 Å². The van der Waals surface area contributed by atoms with E-state index in [-0.39, 0.29) is 13.0 Å². The van der Waals surface area contributed by atoms with Gasteiger partial charge in [0.05, 0.1) is 34.0 Å². The molecule has 1 fully saturated rings. The second-order valence-corrected chi connectivity index (χ2v) is 16.6. The lowest BCUT2D eigenvalue weighted by atomic mass is 9.79. The highest BCUT2D eigenvalue weighted by atomic mass is 16.6.